The monoisotopic (exact) mass is 388 g/mol. The Balaban J connectivity index is 2.08. The van der Waals surface area contributed by atoms with Crippen LogP contribution in [-0.2, 0) is 23.7 Å². The Hall–Kier alpha value is -0.200. The highest BCUT2D eigenvalue weighted by molar-refractivity contribution is 4.69. The van der Waals surface area contributed by atoms with Crippen LogP contribution in [0.15, 0.2) is 0 Å². The minimum atomic E-state index is -0.839. The summed E-state index contributed by atoms with van der Waals surface area (Å²) in [5.41, 5.74) is 0. The van der Waals surface area contributed by atoms with Gasteiger partial charge in [-0.3, -0.25) is 0 Å². The van der Waals surface area contributed by atoms with Crippen LogP contribution < -0.4 is 0 Å². The first-order valence-electron chi connectivity index (χ1n) is 11.3. The van der Waals surface area contributed by atoms with E-state index in [1.165, 1.54) is 51.4 Å². The van der Waals surface area contributed by atoms with Crippen LogP contribution in [-0.4, -0.2) is 51.2 Å². The number of hydrogen-bond donors (Lipinski definition) is 0. The third-order valence-electron chi connectivity index (χ3n) is 4.88. The molecular formula is C22H44O5. The van der Waals surface area contributed by atoms with E-state index in [4.69, 9.17) is 23.7 Å². The van der Waals surface area contributed by atoms with Gasteiger partial charge in [-0.1, -0.05) is 45.4 Å². The van der Waals surface area contributed by atoms with Gasteiger partial charge in [0.2, 0.25) is 0 Å². The lowest BCUT2D eigenvalue weighted by Crippen LogP contribution is -2.39. The number of unbranched alkanes of at least 4 members (excludes halogenated alkanes) is 5. The van der Waals surface area contributed by atoms with E-state index in [1.54, 1.807) is 0 Å². The van der Waals surface area contributed by atoms with Gasteiger partial charge in [0, 0.05) is 26.2 Å². The van der Waals surface area contributed by atoms with E-state index in [0.29, 0.717) is 32.0 Å². The Morgan fingerprint density at radius 1 is 0.815 bits per heavy atom. The molecule has 2 atom stereocenters. The van der Waals surface area contributed by atoms with E-state index in [-0.39, 0.29) is 0 Å². The first-order chi connectivity index (χ1) is 13.2. The first kappa shape index (κ1) is 24.8. The minimum Gasteiger partial charge on any atom is -0.375 e. The molecule has 1 fully saturated rings. The van der Waals surface area contributed by atoms with Crippen molar-refractivity contribution in [1.82, 2.24) is 0 Å². The highest BCUT2D eigenvalue weighted by Crippen LogP contribution is 2.24. The van der Waals surface area contributed by atoms with Gasteiger partial charge < -0.3 is 23.7 Å². The number of epoxide rings is 1. The Morgan fingerprint density at radius 3 is 1.89 bits per heavy atom. The van der Waals surface area contributed by atoms with Crippen LogP contribution >= 0.6 is 0 Å². The van der Waals surface area contributed by atoms with E-state index in [0.717, 1.165) is 26.1 Å². The van der Waals surface area contributed by atoms with Gasteiger partial charge in [-0.2, -0.15) is 0 Å². The van der Waals surface area contributed by atoms with Crippen LogP contribution in [0.1, 0.15) is 91.9 Å². The van der Waals surface area contributed by atoms with Crippen molar-refractivity contribution in [3.63, 3.8) is 0 Å². The molecular weight excluding hydrogens is 344 g/mol. The zero-order valence-corrected chi connectivity index (χ0v) is 18.3. The smallest absolute Gasteiger partial charge is 0.282 e. The molecule has 1 aliphatic rings. The van der Waals surface area contributed by atoms with Gasteiger partial charge in [0.05, 0.1) is 19.3 Å². The molecule has 0 saturated carbocycles. The van der Waals surface area contributed by atoms with Crippen molar-refractivity contribution in [2.45, 2.75) is 110 Å². The largest absolute Gasteiger partial charge is 0.375 e. The highest BCUT2D eigenvalue weighted by Gasteiger charge is 2.31. The number of rotatable bonds is 20. The lowest BCUT2D eigenvalue weighted by atomic mass is 10.0. The van der Waals surface area contributed by atoms with Crippen LogP contribution in [0.25, 0.3) is 0 Å². The molecule has 162 valence electrons. The molecule has 0 spiro atoms. The zero-order chi connectivity index (χ0) is 19.8. The van der Waals surface area contributed by atoms with Crippen molar-refractivity contribution in [3.05, 3.63) is 0 Å². The molecule has 27 heavy (non-hydrogen) atoms. The summed E-state index contributed by atoms with van der Waals surface area (Å²) >= 11 is 0. The van der Waals surface area contributed by atoms with Crippen molar-refractivity contribution in [2.75, 3.05) is 33.0 Å². The Bertz CT molecular complexity index is 316. The molecule has 0 aromatic carbocycles. The van der Waals surface area contributed by atoms with Crippen LogP contribution in [0, 0.1) is 0 Å². The predicted molar refractivity (Wildman–Crippen MR) is 109 cm³/mol. The van der Waals surface area contributed by atoms with Crippen molar-refractivity contribution in [2.24, 2.45) is 0 Å². The van der Waals surface area contributed by atoms with E-state index in [1.807, 2.05) is 20.8 Å². The summed E-state index contributed by atoms with van der Waals surface area (Å²) in [7, 11) is 0. The standard InChI is InChI=1S/C22H44O5/c1-5-15-20(23-18-21-19-24-21)16-13-11-9-10-12-14-17-22(25-6-2,26-7-3)27-8-4/h20-21H,5-19H2,1-4H3. The maximum atomic E-state index is 5.99. The topological polar surface area (TPSA) is 49.5 Å². The van der Waals surface area contributed by atoms with Gasteiger partial charge in [0.25, 0.3) is 5.97 Å². The molecule has 0 aromatic rings. The quantitative estimate of drug-likeness (QED) is 0.158. The second-order valence-electron chi connectivity index (χ2n) is 7.34. The van der Waals surface area contributed by atoms with E-state index < -0.39 is 5.97 Å². The van der Waals surface area contributed by atoms with E-state index >= 15 is 0 Å². The molecule has 0 aliphatic carbocycles. The molecule has 1 aliphatic heterocycles. The summed E-state index contributed by atoms with van der Waals surface area (Å²) in [6.45, 7) is 11.7. The molecule has 0 N–H and O–H groups in total. The maximum absolute atomic E-state index is 5.99. The van der Waals surface area contributed by atoms with Crippen LogP contribution in [0.3, 0.4) is 0 Å². The van der Waals surface area contributed by atoms with Crippen molar-refractivity contribution in [3.8, 4) is 0 Å². The normalized spacial score (nSPS) is 18.0. The predicted octanol–water partition coefficient (Wildman–Crippen LogP) is 5.45. The summed E-state index contributed by atoms with van der Waals surface area (Å²) < 4.78 is 28.6. The third-order valence-corrected chi connectivity index (χ3v) is 4.88. The second-order valence-corrected chi connectivity index (χ2v) is 7.34. The molecule has 0 radical (unpaired) electrons. The van der Waals surface area contributed by atoms with Gasteiger partial charge >= 0.3 is 0 Å². The molecule has 2 unspecified atom stereocenters. The zero-order valence-electron chi connectivity index (χ0n) is 18.3. The lowest BCUT2D eigenvalue weighted by molar-refractivity contribution is -0.380. The van der Waals surface area contributed by atoms with Crippen LogP contribution in [0.4, 0.5) is 0 Å². The Kier molecular flexibility index (Phi) is 14.4. The molecule has 0 amide bonds. The van der Waals surface area contributed by atoms with Gasteiger partial charge in [-0.05, 0) is 40.0 Å². The fourth-order valence-electron chi connectivity index (χ4n) is 3.46. The van der Waals surface area contributed by atoms with Crippen molar-refractivity contribution in [1.29, 1.82) is 0 Å². The van der Waals surface area contributed by atoms with Crippen LogP contribution in [0.5, 0.6) is 0 Å². The van der Waals surface area contributed by atoms with Gasteiger partial charge in [0.1, 0.15) is 6.10 Å². The molecule has 0 bridgehead atoms. The lowest BCUT2D eigenvalue weighted by Gasteiger charge is -2.32. The summed E-state index contributed by atoms with van der Waals surface area (Å²) in [6, 6.07) is 0. The molecule has 1 heterocycles. The van der Waals surface area contributed by atoms with E-state index in [2.05, 4.69) is 6.92 Å². The van der Waals surface area contributed by atoms with Crippen molar-refractivity contribution < 1.29 is 23.7 Å². The van der Waals surface area contributed by atoms with Gasteiger partial charge in [-0.25, -0.2) is 0 Å². The fourth-order valence-corrected chi connectivity index (χ4v) is 3.46. The Morgan fingerprint density at radius 2 is 1.37 bits per heavy atom. The first-order valence-corrected chi connectivity index (χ1v) is 11.3. The fraction of sp³-hybridized carbons (Fsp3) is 1.00. The number of hydrogen-bond acceptors (Lipinski definition) is 5. The summed E-state index contributed by atoms with van der Waals surface area (Å²) in [6.07, 6.45) is 12.5. The molecule has 5 heteroatoms. The maximum Gasteiger partial charge on any atom is 0.282 e. The van der Waals surface area contributed by atoms with Crippen LogP contribution in [0.2, 0.25) is 0 Å². The average Bonchev–Trinajstić information content (AvgIpc) is 3.47. The van der Waals surface area contributed by atoms with Crippen molar-refractivity contribution >= 4 is 0 Å². The molecule has 5 nitrogen and oxygen atoms in total. The van der Waals surface area contributed by atoms with Gasteiger partial charge in [0.15, 0.2) is 0 Å². The number of ether oxygens (including phenoxy) is 5. The molecule has 1 rings (SSSR count). The van der Waals surface area contributed by atoms with E-state index in [9.17, 15) is 0 Å². The summed E-state index contributed by atoms with van der Waals surface area (Å²) in [4.78, 5) is 0. The highest BCUT2D eigenvalue weighted by atomic mass is 16.9. The minimum absolute atomic E-state index is 0.376. The summed E-state index contributed by atoms with van der Waals surface area (Å²) in [5, 5.41) is 0. The Labute approximate surface area is 167 Å². The van der Waals surface area contributed by atoms with Gasteiger partial charge in [-0.15, -0.1) is 0 Å². The molecule has 0 aromatic heterocycles. The second kappa shape index (κ2) is 15.7. The average molecular weight is 389 g/mol. The third kappa shape index (κ3) is 12.1. The molecule has 1 saturated heterocycles. The summed E-state index contributed by atoms with van der Waals surface area (Å²) in [5.74, 6) is -0.839. The SMILES string of the molecule is CCCC(CCCCCCCCC(OCC)(OCC)OCC)OCC1CO1.